The molecule has 0 amide bonds. The van der Waals surface area contributed by atoms with Gasteiger partial charge in [-0.3, -0.25) is 4.57 Å². The van der Waals surface area contributed by atoms with Gasteiger partial charge in [0.15, 0.2) is 5.82 Å². The molecule has 0 saturated carbocycles. The largest absolute Gasteiger partial charge is 0.281 e. The Labute approximate surface area is 139 Å². The molecule has 0 N–H and O–H groups in total. The average Bonchev–Trinajstić information content (AvgIpc) is 2.97. The molecule has 0 fully saturated rings. The van der Waals surface area contributed by atoms with Crippen LogP contribution in [-0.2, 0) is 12.8 Å². The Balaban J connectivity index is 1.69. The van der Waals surface area contributed by atoms with E-state index in [9.17, 15) is 0 Å². The molecule has 2 aromatic carbocycles. The third-order valence-electron chi connectivity index (χ3n) is 4.73. The highest BCUT2D eigenvalue weighted by molar-refractivity contribution is 5.77. The summed E-state index contributed by atoms with van der Waals surface area (Å²) >= 11 is 0. The van der Waals surface area contributed by atoms with Crippen LogP contribution in [0.4, 0.5) is 0 Å². The molecule has 5 rings (SSSR count). The zero-order valence-electron chi connectivity index (χ0n) is 13.2. The van der Waals surface area contributed by atoms with Crippen LogP contribution in [0.5, 0.6) is 0 Å². The summed E-state index contributed by atoms with van der Waals surface area (Å²) in [6, 6.07) is 18.8. The lowest BCUT2D eigenvalue weighted by atomic mass is 10.0. The summed E-state index contributed by atoms with van der Waals surface area (Å²) < 4.78 is 2.01. The van der Waals surface area contributed by atoms with E-state index < -0.39 is 0 Å². The fraction of sp³-hybridized carbons (Fsp3) is 0.150. The van der Waals surface area contributed by atoms with Gasteiger partial charge < -0.3 is 0 Å². The van der Waals surface area contributed by atoms with Gasteiger partial charge in [0.2, 0.25) is 0 Å². The van der Waals surface area contributed by atoms with Crippen molar-refractivity contribution in [1.29, 1.82) is 0 Å². The molecule has 2 heterocycles. The lowest BCUT2D eigenvalue weighted by Gasteiger charge is -2.09. The number of rotatable bonds is 1. The first kappa shape index (κ1) is 13.4. The Morgan fingerprint density at radius 1 is 0.833 bits per heavy atom. The second-order valence-corrected chi connectivity index (χ2v) is 6.19. The summed E-state index contributed by atoms with van der Waals surface area (Å²) in [5.41, 5.74) is 6.91. The van der Waals surface area contributed by atoms with Crippen molar-refractivity contribution in [1.82, 2.24) is 19.7 Å². The predicted molar refractivity (Wildman–Crippen MR) is 94.1 cm³/mol. The first-order valence-electron chi connectivity index (χ1n) is 8.27. The minimum Gasteiger partial charge on any atom is -0.281 e. The lowest BCUT2D eigenvalue weighted by Crippen LogP contribution is -2.02. The Kier molecular flexibility index (Phi) is 2.95. The number of nitrogens with zero attached hydrogens (tertiary/aromatic N) is 4. The Hall–Kier alpha value is -3.01. The number of hydrogen-bond donors (Lipinski definition) is 0. The number of imidazole rings is 1. The minimum absolute atomic E-state index is 0.835. The number of aromatic nitrogens is 4. The maximum absolute atomic E-state index is 4.58. The third-order valence-corrected chi connectivity index (χ3v) is 4.73. The number of para-hydroxylation sites is 2. The SMILES string of the molecule is c1ccc2c(c1)CCCc1cc(-n3cnc4ccccc43)nnc1-2. The molecule has 116 valence electrons. The van der Waals surface area contributed by atoms with Crippen LogP contribution in [0.2, 0.25) is 0 Å². The van der Waals surface area contributed by atoms with E-state index in [0.717, 1.165) is 41.8 Å². The van der Waals surface area contributed by atoms with E-state index in [-0.39, 0.29) is 0 Å². The molecule has 0 unspecified atom stereocenters. The van der Waals surface area contributed by atoms with Gasteiger partial charge in [0, 0.05) is 5.56 Å². The fourth-order valence-corrected chi connectivity index (χ4v) is 3.53. The maximum atomic E-state index is 4.58. The summed E-state index contributed by atoms with van der Waals surface area (Å²) in [5, 5.41) is 9.08. The van der Waals surface area contributed by atoms with E-state index in [1.165, 1.54) is 16.7 Å². The smallest absolute Gasteiger partial charge is 0.161 e. The molecular weight excluding hydrogens is 296 g/mol. The normalized spacial score (nSPS) is 13.3. The van der Waals surface area contributed by atoms with E-state index in [0.29, 0.717) is 0 Å². The van der Waals surface area contributed by atoms with Gasteiger partial charge in [0.1, 0.15) is 6.33 Å². The van der Waals surface area contributed by atoms with Crippen molar-refractivity contribution in [3.05, 3.63) is 72.1 Å². The highest BCUT2D eigenvalue weighted by Crippen LogP contribution is 2.31. The van der Waals surface area contributed by atoms with Crippen LogP contribution < -0.4 is 0 Å². The zero-order chi connectivity index (χ0) is 15.9. The van der Waals surface area contributed by atoms with Gasteiger partial charge in [-0.05, 0) is 48.6 Å². The van der Waals surface area contributed by atoms with Gasteiger partial charge in [-0.2, -0.15) is 0 Å². The highest BCUT2D eigenvalue weighted by atomic mass is 15.2. The molecule has 0 saturated heterocycles. The molecular formula is C20H16N4. The molecule has 4 nitrogen and oxygen atoms in total. The van der Waals surface area contributed by atoms with Crippen LogP contribution in [0, 0.1) is 0 Å². The van der Waals surface area contributed by atoms with Gasteiger partial charge in [-0.25, -0.2) is 4.98 Å². The first-order chi connectivity index (χ1) is 11.9. The number of benzene rings is 2. The molecule has 0 atom stereocenters. The summed E-state index contributed by atoms with van der Waals surface area (Å²) in [6.07, 6.45) is 5.08. The van der Waals surface area contributed by atoms with Crippen LogP contribution >= 0.6 is 0 Å². The molecule has 0 aliphatic heterocycles. The van der Waals surface area contributed by atoms with Crippen molar-refractivity contribution in [3.8, 4) is 17.1 Å². The van der Waals surface area contributed by atoms with Crippen molar-refractivity contribution >= 4 is 11.0 Å². The van der Waals surface area contributed by atoms with Gasteiger partial charge >= 0.3 is 0 Å². The Morgan fingerprint density at radius 2 is 1.67 bits per heavy atom. The zero-order valence-corrected chi connectivity index (χ0v) is 13.2. The number of aryl methyl sites for hydroxylation is 2. The van der Waals surface area contributed by atoms with Gasteiger partial charge in [-0.15, -0.1) is 10.2 Å². The molecule has 0 radical (unpaired) electrons. The Morgan fingerprint density at radius 3 is 2.67 bits per heavy atom. The van der Waals surface area contributed by atoms with Crippen molar-refractivity contribution in [2.24, 2.45) is 0 Å². The maximum Gasteiger partial charge on any atom is 0.161 e. The first-order valence-corrected chi connectivity index (χ1v) is 8.27. The van der Waals surface area contributed by atoms with Crippen LogP contribution in [0.25, 0.3) is 28.1 Å². The summed E-state index contributed by atoms with van der Waals surface area (Å²) in [6.45, 7) is 0. The molecule has 0 bridgehead atoms. The van der Waals surface area contributed by atoms with Crippen LogP contribution in [0.15, 0.2) is 60.9 Å². The molecule has 24 heavy (non-hydrogen) atoms. The Bertz CT molecular complexity index is 1050. The van der Waals surface area contributed by atoms with E-state index >= 15 is 0 Å². The summed E-state index contributed by atoms with van der Waals surface area (Å²) in [5.74, 6) is 0.835. The fourth-order valence-electron chi connectivity index (χ4n) is 3.53. The second-order valence-electron chi connectivity index (χ2n) is 6.19. The summed E-state index contributed by atoms with van der Waals surface area (Å²) in [4.78, 5) is 4.46. The van der Waals surface area contributed by atoms with Crippen LogP contribution in [-0.4, -0.2) is 19.7 Å². The van der Waals surface area contributed by atoms with Crippen LogP contribution in [0.1, 0.15) is 17.5 Å². The van der Waals surface area contributed by atoms with Crippen molar-refractivity contribution < 1.29 is 0 Å². The average molecular weight is 312 g/mol. The van der Waals surface area contributed by atoms with Crippen molar-refractivity contribution in [3.63, 3.8) is 0 Å². The van der Waals surface area contributed by atoms with E-state index in [1.807, 2.05) is 29.1 Å². The second kappa shape index (κ2) is 5.27. The molecule has 1 aliphatic carbocycles. The highest BCUT2D eigenvalue weighted by Gasteiger charge is 2.17. The topological polar surface area (TPSA) is 43.6 Å². The number of fused-ring (bicyclic) bond motifs is 4. The van der Waals surface area contributed by atoms with E-state index in [4.69, 9.17) is 0 Å². The van der Waals surface area contributed by atoms with Gasteiger partial charge in [-0.1, -0.05) is 36.4 Å². The molecule has 2 aromatic heterocycles. The van der Waals surface area contributed by atoms with Gasteiger partial charge in [0.05, 0.1) is 16.7 Å². The van der Waals surface area contributed by atoms with Crippen LogP contribution in [0.3, 0.4) is 0 Å². The molecule has 4 aromatic rings. The van der Waals surface area contributed by atoms with Crippen molar-refractivity contribution in [2.45, 2.75) is 19.3 Å². The molecule has 1 aliphatic rings. The summed E-state index contributed by atoms with van der Waals surface area (Å²) in [7, 11) is 0. The minimum atomic E-state index is 0.835. The lowest BCUT2D eigenvalue weighted by molar-refractivity contribution is 0.824. The van der Waals surface area contributed by atoms with E-state index in [2.05, 4.69) is 51.6 Å². The monoisotopic (exact) mass is 312 g/mol. The third kappa shape index (κ3) is 2.03. The predicted octanol–water partition coefficient (Wildman–Crippen LogP) is 3.97. The van der Waals surface area contributed by atoms with Crippen molar-refractivity contribution in [2.75, 3.05) is 0 Å². The van der Waals surface area contributed by atoms with Gasteiger partial charge in [0.25, 0.3) is 0 Å². The standard InChI is InChI=1S/C20H16N4/c1-2-9-16-14(6-1)7-5-8-15-12-19(22-23-20(15)16)24-13-21-17-10-3-4-11-18(17)24/h1-4,6,9-13H,5,7-8H2. The molecule has 0 spiro atoms. The molecule has 4 heteroatoms. The van der Waals surface area contributed by atoms with E-state index in [1.54, 1.807) is 0 Å². The quantitative estimate of drug-likeness (QED) is 0.534. The number of hydrogen-bond acceptors (Lipinski definition) is 3.